The van der Waals surface area contributed by atoms with Gasteiger partial charge in [-0.25, -0.2) is 0 Å². The van der Waals surface area contributed by atoms with Gasteiger partial charge in [0.25, 0.3) is 0 Å². The van der Waals surface area contributed by atoms with Crippen molar-refractivity contribution in [3.8, 4) is 0 Å². The molecule has 0 heterocycles. The molecule has 35 heavy (non-hydrogen) atoms. The van der Waals surface area contributed by atoms with Crippen molar-refractivity contribution in [3.63, 3.8) is 0 Å². The fraction of sp³-hybridized carbons (Fsp3) is 0. The minimum Gasteiger partial charge on any atom is -0.366 e. The normalized spacial score (nSPS) is 11.4. The number of benzene rings is 5. The van der Waals surface area contributed by atoms with Crippen LogP contribution in [0.25, 0.3) is 43.1 Å². The Morgan fingerprint density at radius 1 is 0.457 bits per heavy atom. The predicted octanol–water partition coefficient (Wildman–Crippen LogP) is 1.23. The Kier molecular flexibility index (Phi) is 4.39. The molecule has 172 valence electrons. The summed E-state index contributed by atoms with van der Waals surface area (Å²) in [6.45, 7) is 0. The van der Waals surface area contributed by atoms with Crippen molar-refractivity contribution in [1.82, 2.24) is 0 Å². The smallest absolute Gasteiger partial charge is 0.250 e. The van der Waals surface area contributed by atoms with Gasteiger partial charge in [-0.2, -0.15) is 0 Å². The molecule has 0 bridgehead atoms. The molecule has 0 radical (unpaired) electrons. The average Bonchev–Trinajstić information content (AvgIpc) is 2.79. The fourth-order valence-corrected chi connectivity index (χ4v) is 5.14. The maximum atomic E-state index is 12.8. The van der Waals surface area contributed by atoms with Gasteiger partial charge in [-0.15, -0.1) is 0 Å². The van der Waals surface area contributed by atoms with Crippen LogP contribution in [0.2, 0.25) is 0 Å². The first-order valence-corrected chi connectivity index (χ1v) is 10.3. The number of amides is 5. The number of hydrogen-bond acceptors (Lipinski definition) is 5. The molecule has 0 aromatic heterocycles. The highest BCUT2D eigenvalue weighted by molar-refractivity contribution is 6.42. The molecule has 5 aromatic rings. The molecule has 0 fully saturated rings. The monoisotopic (exact) mass is 467 g/mol. The van der Waals surface area contributed by atoms with Crippen LogP contribution in [0.4, 0.5) is 0 Å². The van der Waals surface area contributed by atoms with Crippen LogP contribution in [-0.2, 0) is 0 Å². The first-order chi connectivity index (χ1) is 16.6. The number of rotatable bonds is 5. The number of nitrogens with two attached hydrogens (primary N) is 5. The summed E-state index contributed by atoms with van der Waals surface area (Å²) in [7, 11) is 0. The third kappa shape index (κ3) is 2.73. The molecule has 0 aliphatic heterocycles. The summed E-state index contributed by atoms with van der Waals surface area (Å²) in [6.07, 6.45) is 0. The number of carbonyl (C=O) groups is 5. The zero-order valence-electron chi connectivity index (χ0n) is 18.0. The number of fused-ring (bicyclic) bond motifs is 2. The van der Waals surface area contributed by atoms with Gasteiger partial charge in [0.15, 0.2) is 0 Å². The summed E-state index contributed by atoms with van der Waals surface area (Å²) in [5, 5.41) is 3.16. The van der Waals surface area contributed by atoms with E-state index in [0.29, 0.717) is 21.5 Å². The van der Waals surface area contributed by atoms with Crippen molar-refractivity contribution in [2.45, 2.75) is 0 Å². The van der Waals surface area contributed by atoms with E-state index in [0.717, 1.165) is 5.39 Å². The minimum atomic E-state index is -1.18. The lowest BCUT2D eigenvalue weighted by molar-refractivity contribution is 0.0955. The fourth-order valence-electron chi connectivity index (χ4n) is 5.14. The number of primary amides is 5. The molecule has 0 saturated heterocycles. The molecule has 10 nitrogen and oxygen atoms in total. The largest absolute Gasteiger partial charge is 0.366 e. The van der Waals surface area contributed by atoms with E-state index in [4.69, 9.17) is 28.7 Å². The first kappa shape index (κ1) is 21.6. The Morgan fingerprint density at radius 3 is 1.49 bits per heavy atom. The summed E-state index contributed by atoms with van der Waals surface area (Å²) in [6, 6.07) is 12.1. The van der Waals surface area contributed by atoms with Gasteiger partial charge in [0.2, 0.25) is 29.5 Å². The lowest BCUT2D eigenvalue weighted by Gasteiger charge is -2.22. The van der Waals surface area contributed by atoms with Crippen LogP contribution < -0.4 is 28.7 Å². The van der Waals surface area contributed by atoms with E-state index < -0.39 is 46.2 Å². The molecular weight excluding hydrogens is 450 g/mol. The highest BCUT2D eigenvalue weighted by Crippen LogP contribution is 2.45. The van der Waals surface area contributed by atoms with Crippen molar-refractivity contribution in [3.05, 3.63) is 70.3 Å². The molecule has 5 amide bonds. The van der Waals surface area contributed by atoms with E-state index in [1.54, 1.807) is 24.3 Å². The standard InChI is InChI=1S/C25H17N5O5/c26-21(31)12-7-11-9-5-1-3-8-4-2-6-10(13(8)9)14-15(11)17(16(12)22(27)32)19(24(29)34)20(25(30)35)18(14)23(28)33/h1-7H,(H2,26,31)(H2,27,32)(H2,28,33)(H2,29,34)(H2,30,35). The Labute approximate surface area is 195 Å². The molecular formula is C25H17N5O5. The van der Waals surface area contributed by atoms with E-state index >= 15 is 0 Å². The number of hydrogen-bond donors (Lipinski definition) is 5. The molecule has 0 atom stereocenters. The van der Waals surface area contributed by atoms with Gasteiger partial charge in [0, 0.05) is 10.8 Å². The van der Waals surface area contributed by atoms with E-state index in [1.807, 2.05) is 12.1 Å². The number of carbonyl (C=O) groups excluding carboxylic acids is 5. The van der Waals surface area contributed by atoms with E-state index in [1.165, 1.54) is 6.07 Å². The highest BCUT2D eigenvalue weighted by atomic mass is 16.2. The van der Waals surface area contributed by atoms with Crippen LogP contribution in [0.15, 0.2) is 42.5 Å². The third-order valence-corrected chi connectivity index (χ3v) is 6.29. The summed E-state index contributed by atoms with van der Waals surface area (Å²) in [4.78, 5) is 63.2. The summed E-state index contributed by atoms with van der Waals surface area (Å²) >= 11 is 0. The molecule has 0 unspecified atom stereocenters. The summed E-state index contributed by atoms with van der Waals surface area (Å²) in [5.41, 5.74) is 26.1. The van der Waals surface area contributed by atoms with Crippen molar-refractivity contribution in [2.24, 2.45) is 28.7 Å². The zero-order chi connectivity index (χ0) is 25.3. The Hall–Kier alpha value is -5.25. The van der Waals surface area contributed by atoms with Gasteiger partial charge in [0.05, 0.1) is 27.8 Å². The van der Waals surface area contributed by atoms with Gasteiger partial charge in [-0.1, -0.05) is 36.4 Å². The van der Waals surface area contributed by atoms with Gasteiger partial charge in [0.1, 0.15) is 0 Å². The van der Waals surface area contributed by atoms with Gasteiger partial charge >= 0.3 is 0 Å². The van der Waals surface area contributed by atoms with Gasteiger partial charge < -0.3 is 28.7 Å². The molecule has 0 aliphatic rings. The lowest BCUT2D eigenvalue weighted by Crippen LogP contribution is -2.29. The Balaban J connectivity index is 2.37. The Morgan fingerprint density at radius 2 is 0.971 bits per heavy atom. The molecule has 0 aliphatic carbocycles. The van der Waals surface area contributed by atoms with Crippen molar-refractivity contribution < 1.29 is 24.0 Å². The van der Waals surface area contributed by atoms with Gasteiger partial charge in [-0.05, 0) is 38.4 Å². The maximum absolute atomic E-state index is 12.8. The predicted molar refractivity (Wildman–Crippen MR) is 130 cm³/mol. The highest BCUT2D eigenvalue weighted by Gasteiger charge is 2.33. The zero-order valence-corrected chi connectivity index (χ0v) is 18.0. The van der Waals surface area contributed by atoms with Gasteiger partial charge in [-0.3, -0.25) is 24.0 Å². The van der Waals surface area contributed by atoms with Crippen LogP contribution in [0.5, 0.6) is 0 Å². The molecule has 0 spiro atoms. The van der Waals surface area contributed by atoms with Crippen LogP contribution in [0.1, 0.15) is 51.8 Å². The molecule has 5 rings (SSSR count). The van der Waals surface area contributed by atoms with Crippen molar-refractivity contribution in [2.75, 3.05) is 0 Å². The molecule has 10 heteroatoms. The Bertz CT molecular complexity index is 1830. The van der Waals surface area contributed by atoms with Crippen LogP contribution >= 0.6 is 0 Å². The van der Waals surface area contributed by atoms with Crippen molar-refractivity contribution in [1.29, 1.82) is 0 Å². The lowest BCUT2D eigenvalue weighted by atomic mass is 9.79. The topological polar surface area (TPSA) is 215 Å². The first-order valence-electron chi connectivity index (χ1n) is 10.3. The second-order valence-electron chi connectivity index (χ2n) is 8.13. The quantitative estimate of drug-likeness (QED) is 0.190. The molecule has 10 N–H and O–H groups in total. The maximum Gasteiger partial charge on any atom is 0.250 e. The van der Waals surface area contributed by atoms with E-state index in [-0.39, 0.29) is 27.3 Å². The third-order valence-electron chi connectivity index (χ3n) is 6.29. The van der Waals surface area contributed by atoms with Crippen LogP contribution in [-0.4, -0.2) is 29.5 Å². The second-order valence-corrected chi connectivity index (χ2v) is 8.13. The van der Waals surface area contributed by atoms with Crippen LogP contribution in [0.3, 0.4) is 0 Å². The van der Waals surface area contributed by atoms with Crippen molar-refractivity contribution >= 4 is 72.6 Å². The second kappa shape index (κ2) is 7.12. The molecule has 5 aromatic carbocycles. The minimum absolute atomic E-state index is 0.170. The molecule has 0 saturated carbocycles. The summed E-state index contributed by atoms with van der Waals surface area (Å²) < 4.78 is 0. The average molecular weight is 467 g/mol. The van der Waals surface area contributed by atoms with E-state index in [9.17, 15) is 24.0 Å². The summed E-state index contributed by atoms with van der Waals surface area (Å²) in [5.74, 6) is -5.50. The SMILES string of the molecule is NC(=O)c1cc2c3cccc4cccc(c5c(C(N)=O)c(C(N)=O)c(C(N)=O)c(c1C(N)=O)c25)c43. The van der Waals surface area contributed by atoms with E-state index in [2.05, 4.69) is 0 Å². The van der Waals surface area contributed by atoms with Crippen LogP contribution in [0, 0.1) is 0 Å².